The van der Waals surface area contributed by atoms with E-state index in [1.54, 1.807) is 34.6 Å². The Bertz CT molecular complexity index is 285. The normalized spacial score (nSPS) is 14.6. The van der Waals surface area contributed by atoms with E-state index >= 15 is 0 Å². The predicted octanol–water partition coefficient (Wildman–Crippen LogP) is 1.21. The summed E-state index contributed by atoms with van der Waals surface area (Å²) in [5.41, 5.74) is -0.601. The molecular weight excluding hydrogens is 238 g/mol. The minimum atomic E-state index is -1.00. The van der Waals surface area contributed by atoms with E-state index in [9.17, 15) is 14.7 Å². The molecule has 2 N–H and O–H groups in total. The fourth-order valence-electron chi connectivity index (χ4n) is 1.16. The lowest BCUT2D eigenvalue weighted by Crippen LogP contribution is -2.44. The van der Waals surface area contributed by atoms with Gasteiger partial charge in [-0.3, -0.25) is 4.79 Å². The molecule has 0 aromatic carbocycles. The second kappa shape index (κ2) is 7.20. The minimum Gasteiger partial charge on any atom is -0.466 e. The van der Waals surface area contributed by atoms with Crippen molar-refractivity contribution in [2.75, 3.05) is 6.61 Å². The molecule has 0 heterocycles. The number of alkyl carbamates (subject to hydrolysis) is 1. The Morgan fingerprint density at radius 2 is 1.89 bits per heavy atom. The smallest absolute Gasteiger partial charge is 0.407 e. The first-order chi connectivity index (χ1) is 8.15. The zero-order chi connectivity index (χ0) is 14.3. The number of hydrogen-bond donors (Lipinski definition) is 2. The van der Waals surface area contributed by atoms with E-state index < -0.39 is 29.8 Å². The van der Waals surface area contributed by atoms with Crippen LogP contribution in [-0.2, 0) is 14.3 Å². The van der Waals surface area contributed by atoms with Crippen LogP contribution in [0.4, 0.5) is 4.79 Å². The first-order valence-electron chi connectivity index (χ1n) is 5.99. The van der Waals surface area contributed by atoms with Gasteiger partial charge < -0.3 is 19.9 Å². The van der Waals surface area contributed by atoms with Gasteiger partial charge in [0.1, 0.15) is 5.60 Å². The monoisotopic (exact) mass is 261 g/mol. The number of amides is 1. The zero-order valence-corrected chi connectivity index (χ0v) is 11.6. The van der Waals surface area contributed by atoms with Crippen molar-refractivity contribution >= 4 is 12.1 Å². The molecule has 0 aliphatic rings. The summed E-state index contributed by atoms with van der Waals surface area (Å²) in [6.07, 6.45) is -1.79. The highest BCUT2D eigenvalue weighted by atomic mass is 16.6. The number of nitrogens with one attached hydrogen (secondary N) is 1. The third-order valence-electron chi connectivity index (χ3n) is 2.00. The zero-order valence-electron chi connectivity index (χ0n) is 11.6. The van der Waals surface area contributed by atoms with Crippen LogP contribution in [0.5, 0.6) is 0 Å². The van der Waals surface area contributed by atoms with Crippen molar-refractivity contribution in [1.82, 2.24) is 5.32 Å². The summed E-state index contributed by atoms with van der Waals surface area (Å²) >= 11 is 0. The van der Waals surface area contributed by atoms with Crippen LogP contribution in [0.15, 0.2) is 0 Å². The minimum absolute atomic E-state index is 0.162. The summed E-state index contributed by atoms with van der Waals surface area (Å²) in [6, 6.07) is -0.593. The first-order valence-corrected chi connectivity index (χ1v) is 5.99. The van der Waals surface area contributed by atoms with E-state index in [0.717, 1.165) is 0 Å². The van der Waals surface area contributed by atoms with Crippen molar-refractivity contribution in [2.24, 2.45) is 0 Å². The number of carbonyl (C=O) groups is 2. The van der Waals surface area contributed by atoms with Crippen LogP contribution in [0, 0.1) is 0 Å². The summed E-state index contributed by atoms with van der Waals surface area (Å²) in [4.78, 5) is 22.6. The SMILES string of the molecule is CCOC(=O)C[C@@H](O)[C@@H](C)NC(=O)OC(C)(C)C. The lowest BCUT2D eigenvalue weighted by atomic mass is 10.1. The molecule has 0 spiro atoms. The molecule has 106 valence electrons. The largest absolute Gasteiger partial charge is 0.466 e. The van der Waals surface area contributed by atoms with Gasteiger partial charge in [0, 0.05) is 0 Å². The van der Waals surface area contributed by atoms with E-state index in [1.807, 2.05) is 0 Å². The van der Waals surface area contributed by atoms with Gasteiger partial charge in [-0.15, -0.1) is 0 Å². The summed E-state index contributed by atoms with van der Waals surface area (Å²) in [5.74, 6) is -0.497. The molecular formula is C12H23NO5. The first kappa shape index (κ1) is 16.7. The second-order valence-electron chi connectivity index (χ2n) is 5.01. The molecule has 0 rings (SSSR count). The molecule has 6 heteroatoms. The van der Waals surface area contributed by atoms with Gasteiger partial charge in [0.2, 0.25) is 0 Å². The van der Waals surface area contributed by atoms with E-state index in [4.69, 9.17) is 9.47 Å². The molecule has 0 aromatic heterocycles. The number of carbonyl (C=O) groups excluding carboxylic acids is 2. The lowest BCUT2D eigenvalue weighted by molar-refractivity contribution is -0.145. The molecule has 6 nitrogen and oxygen atoms in total. The Hall–Kier alpha value is -1.30. The van der Waals surface area contributed by atoms with Crippen molar-refractivity contribution in [3.05, 3.63) is 0 Å². The van der Waals surface area contributed by atoms with Gasteiger partial charge in [-0.2, -0.15) is 0 Å². The van der Waals surface area contributed by atoms with E-state index in [2.05, 4.69) is 5.32 Å². The fraction of sp³-hybridized carbons (Fsp3) is 0.833. The maximum absolute atomic E-state index is 11.4. The Morgan fingerprint density at radius 3 is 2.33 bits per heavy atom. The Morgan fingerprint density at radius 1 is 1.33 bits per heavy atom. The summed E-state index contributed by atoms with van der Waals surface area (Å²) in [7, 11) is 0. The summed E-state index contributed by atoms with van der Waals surface area (Å²) in [5, 5.41) is 12.2. The van der Waals surface area contributed by atoms with Crippen LogP contribution >= 0.6 is 0 Å². The average Bonchev–Trinajstić information content (AvgIpc) is 2.14. The van der Waals surface area contributed by atoms with Crippen LogP contribution in [0.25, 0.3) is 0 Å². The number of aliphatic hydroxyl groups is 1. The van der Waals surface area contributed by atoms with Crippen LogP contribution in [0.1, 0.15) is 41.0 Å². The van der Waals surface area contributed by atoms with Gasteiger partial charge in [-0.25, -0.2) is 4.79 Å². The Labute approximate surface area is 108 Å². The fourth-order valence-corrected chi connectivity index (χ4v) is 1.16. The average molecular weight is 261 g/mol. The van der Waals surface area contributed by atoms with Crippen molar-refractivity contribution in [1.29, 1.82) is 0 Å². The van der Waals surface area contributed by atoms with Crippen molar-refractivity contribution in [3.8, 4) is 0 Å². The highest BCUT2D eigenvalue weighted by molar-refractivity contribution is 5.71. The molecule has 0 radical (unpaired) electrons. The van der Waals surface area contributed by atoms with Crippen LogP contribution in [0.2, 0.25) is 0 Å². The molecule has 0 aliphatic carbocycles. The van der Waals surface area contributed by atoms with Crippen molar-refractivity contribution < 1.29 is 24.2 Å². The van der Waals surface area contributed by atoms with Gasteiger partial charge in [0.25, 0.3) is 0 Å². The lowest BCUT2D eigenvalue weighted by Gasteiger charge is -2.24. The molecule has 1 amide bonds. The maximum atomic E-state index is 11.4. The highest BCUT2D eigenvalue weighted by Crippen LogP contribution is 2.08. The van der Waals surface area contributed by atoms with Crippen LogP contribution < -0.4 is 5.32 Å². The van der Waals surface area contributed by atoms with Gasteiger partial charge in [0.15, 0.2) is 0 Å². The second-order valence-corrected chi connectivity index (χ2v) is 5.01. The topological polar surface area (TPSA) is 84.9 Å². The maximum Gasteiger partial charge on any atom is 0.407 e. The van der Waals surface area contributed by atoms with Gasteiger partial charge >= 0.3 is 12.1 Å². The molecule has 18 heavy (non-hydrogen) atoms. The van der Waals surface area contributed by atoms with Crippen molar-refractivity contribution in [2.45, 2.75) is 58.8 Å². The number of ether oxygens (including phenoxy) is 2. The molecule has 0 aromatic rings. The third kappa shape index (κ3) is 7.89. The molecule has 0 saturated carbocycles. The van der Waals surface area contributed by atoms with E-state index in [1.165, 1.54) is 0 Å². The highest BCUT2D eigenvalue weighted by Gasteiger charge is 2.23. The summed E-state index contributed by atoms with van der Waals surface area (Å²) < 4.78 is 9.74. The van der Waals surface area contributed by atoms with Crippen LogP contribution in [-0.4, -0.2) is 41.5 Å². The van der Waals surface area contributed by atoms with Gasteiger partial charge in [0.05, 0.1) is 25.2 Å². The van der Waals surface area contributed by atoms with Crippen LogP contribution in [0.3, 0.4) is 0 Å². The Kier molecular flexibility index (Phi) is 6.68. The quantitative estimate of drug-likeness (QED) is 0.727. The van der Waals surface area contributed by atoms with Crippen molar-refractivity contribution in [3.63, 3.8) is 0 Å². The van der Waals surface area contributed by atoms with E-state index in [0.29, 0.717) is 0 Å². The van der Waals surface area contributed by atoms with Gasteiger partial charge in [-0.1, -0.05) is 0 Å². The number of rotatable bonds is 5. The summed E-state index contributed by atoms with van der Waals surface area (Å²) in [6.45, 7) is 8.77. The molecule has 0 fully saturated rings. The standard InChI is InChI=1S/C12H23NO5/c1-6-17-10(15)7-9(14)8(2)13-11(16)18-12(3,4)5/h8-9,14H,6-7H2,1-5H3,(H,13,16)/t8-,9-/m1/s1. The number of esters is 1. The van der Waals surface area contributed by atoms with Gasteiger partial charge in [-0.05, 0) is 34.6 Å². The number of aliphatic hydroxyl groups excluding tert-OH is 1. The Balaban J connectivity index is 4.11. The predicted molar refractivity (Wildman–Crippen MR) is 66.1 cm³/mol. The molecule has 0 bridgehead atoms. The van der Waals surface area contributed by atoms with E-state index in [-0.39, 0.29) is 13.0 Å². The molecule has 2 atom stereocenters. The molecule has 0 unspecified atom stereocenters. The molecule has 0 aliphatic heterocycles. The molecule has 0 saturated heterocycles. The number of hydrogen-bond acceptors (Lipinski definition) is 5. The third-order valence-corrected chi connectivity index (χ3v) is 2.00.